The first-order chi connectivity index (χ1) is 21.9. The highest BCUT2D eigenvalue weighted by Gasteiger charge is 2.85. The second kappa shape index (κ2) is 10.9. The second-order valence-corrected chi connectivity index (χ2v) is 18.9. The summed E-state index contributed by atoms with van der Waals surface area (Å²) in [5, 5.41) is 34.3. The molecule has 1 aliphatic heterocycles. The average Bonchev–Trinajstić information content (AvgIpc) is 3.36. The number of ether oxygens (including phenoxy) is 2. The summed E-state index contributed by atoms with van der Waals surface area (Å²) in [5.41, 5.74) is -1.13. The topological polar surface area (TPSA) is 108 Å². The summed E-state index contributed by atoms with van der Waals surface area (Å²) in [7, 11) is 0. The van der Waals surface area contributed by atoms with Crippen LogP contribution in [0.4, 0.5) is 0 Å². The van der Waals surface area contributed by atoms with E-state index in [1.165, 1.54) is 0 Å². The van der Waals surface area contributed by atoms with Gasteiger partial charge in [0.2, 0.25) is 0 Å². The van der Waals surface area contributed by atoms with Crippen molar-refractivity contribution in [1.29, 1.82) is 0 Å². The maximum absolute atomic E-state index is 14.0. The Labute approximate surface area is 286 Å². The van der Waals surface area contributed by atoms with Gasteiger partial charge in [-0.25, -0.2) is 4.84 Å². The Bertz CT molecular complexity index is 1380. The van der Waals surface area contributed by atoms with Crippen molar-refractivity contribution in [1.82, 2.24) is 4.84 Å². The van der Waals surface area contributed by atoms with Crippen molar-refractivity contribution in [2.24, 2.45) is 44.8 Å². The van der Waals surface area contributed by atoms with Gasteiger partial charge in [-0.3, -0.25) is 4.79 Å². The highest BCUT2D eigenvalue weighted by Crippen LogP contribution is 2.89. The number of carbonyl (C=O) groups is 1. The van der Waals surface area contributed by atoms with Gasteiger partial charge in [0.05, 0.1) is 29.5 Å². The predicted molar refractivity (Wildman–Crippen MR) is 181 cm³/mol. The standard InChI is InChI=1S/C39H58ClNO6/c1-33(2)28(43)13-16-39-22-38(39)18-17-35(5)30(37(7)15-14-29(47-37)34(3,4)45)25(42)21-36(35,6)27(38)20-26(31(33)39)46-32(44)24(41-40)19-23-11-9-8-10-12-23/h8-12,24-31,41-43,45H,13-22H2,1-7H3/t24-,25-,26-,27?,28-,29-,30?,31-,35+,36-,37+,38?,39+/m0/s1. The number of fused-ring (bicyclic) bond motifs is 2. The molecule has 0 bridgehead atoms. The van der Waals surface area contributed by atoms with E-state index in [1.54, 1.807) is 0 Å². The molecule has 7 rings (SSSR count). The van der Waals surface area contributed by atoms with Gasteiger partial charge in [-0.2, -0.15) is 0 Å². The molecule has 2 spiro atoms. The molecule has 6 aliphatic rings. The summed E-state index contributed by atoms with van der Waals surface area (Å²) in [5.74, 6) is -0.0888. The fraction of sp³-hybridized carbons (Fsp3) is 0.821. The Morgan fingerprint density at radius 2 is 1.70 bits per heavy atom. The van der Waals surface area contributed by atoms with E-state index in [0.29, 0.717) is 12.8 Å². The monoisotopic (exact) mass is 671 g/mol. The molecule has 1 heterocycles. The van der Waals surface area contributed by atoms with Crippen molar-refractivity contribution in [2.75, 3.05) is 0 Å². The number of aliphatic hydroxyl groups is 3. The number of hydrogen-bond donors (Lipinski definition) is 4. The summed E-state index contributed by atoms with van der Waals surface area (Å²) in [6.45, 7) is 15.0. The molecule has 5 saturated carbocycles. The average molecular weight is 672 g/mol. The van der Waals surface area contributed by atoms with Crippen molar-refractivity contribution >= 4 is 17.7 Å². The minimum Gasteiger partial charge on any atom is -0.461 e. The van der Waals surface area contributed by atoms with Gasteiger partial charge >= 0.3 is 5.97 Å². The van der Waals surface area contributed by atoms with Crippen LogP contribution in [0.25, 0.3) is 0 Å². The predicted octanol–water partition coefficient (Wildman–Crippen LogP) is 6.34. The summed E-state index contributed by atoms with van der Waals surface area (Å²) in [6, 6.07) is 9.17. The van der Waals surface area contributed by atoms with Crippen molar-refractivity contribution in [3.8, 4) is 0 Å². The number of benzene rings is 1. The second-order valence-electron chi connectivity index (χ2n) is 18.7. The fourth-order valence-corrected chi connectivity index (χ4v) is 13.6. The molecule has 13 atom stereocenters. The van der Waals surface area contributed by atoms with Crippen LogP contribution in [0.5, 0.6) is 0 Å². The van der Waals surface area contributed by atoms with Crippen LogP contribution < -0.4 is 4.84 Å². The van der Waals surface area contributed by atoms with Crippen LogP contribution in [0.2, 0.25) is 0 Å². The van der Waals surface area contributed by atoms with Crippen LogP contribution in [0.3, 0.4) is 0 Å². The number of halogens is 1. The van der Waals surface area contributed by atoms with Crippen LogP contribution in [-0.2, 0) is 20.7 Å². The number of esters is 1. The quantitative estimate of drug-likeness (QED) is 0.198. The number of rotatable bonds is 7. The van der Waals surface area contributed by atoms with E-state index in [4.69, 9.17) is 21.3 Å². The van der Waals surface area contributed by atoms with E-state index in [1.807, 2.05) is 44.2 Å². The molecule has 6 fully saturated rings. The molecule has 0 radical (unpaired) electrons. The number of hydrogen-bond acceptors (Lipinski definition) is 7. The molecule has 47 heavy (non-hydrogen) atoms. The lowest BCUT2D eigenvalue weighted by Crippen LogP contribution is -2.63. The first-order valence-electron chi connectivity index (χ1n) is 18.3. The van der Waals surface area contributed by atoms with Gasteiger partial charge in [0.1, 0.15) is 12.1 Å². The Hall–Kier alpha value is -1.22. The molecule has 7 nitrogen and oxygen atoms in total. The van der Waals surface area contributed by atoms with Gasteiger partial charge in [0, 0.05) is 11.8 Å². The summed E-state index contributed by atoms with van der Waals surface area (Å²) in [4.78, 5) is 16.7. The minimum atomic E-state index is -0.938. The normalized spacial score (nSPS) is 48.9. The summed E-state index contributed by atoms with van der Waals surface area (Å²) >= 11 is 6.20. The van der Waals surface area contributed by atoms with Gasteiger partial charge in [-0.1, -0.05) is 58.0 Å². The first-order valence-corrected chi connectivity index (χ1v) is 18.6. The van der Waals surface area contributed by atoms with Gasteiger partial charge in [0.15, 0.2) is 0 Å². The molecule has 0 amide bonds. The van der Waals surface area contributed by atoms with Crippen molar-refractivity contribution in [2.45, 2.75) is 154 Å². The van der Waals surface area contributed by atoms with E-state index in [2.05, 4.69) is 39.5 Å². The van der Waals surface area contributed by atoms with Crippen LogP contribution in [-0.4, -0.2) is 62.9 Å². The maximum atomic E-state index is 14.0. The van der Waals surface area contributed by atoms with Crippen LogP contribution in [0.15, 0.2) is 30.3 Å². The van der Waals surface area contributed by atoms with Crippen molar-refractivity contribution in [3.63, 3.8) is 0 Å². The van der Waals surface area contributed by atoms with Crippen LogP contribution in [0.1, 0.15) is 112 Å². The Kier molecular flexibility index (Phi) is 7.93. The molecule has 1 aromatic rings. The van der Waals surface area contributed by atoms with Crippen molar-refractivity contribution in [3.05, 3.63) is 35.9 Å². The largest absolute Gasteiger partial charge is 0.461 e. The van der Waals surface area contributed by atoms with Crippen LogP contribution in [0, 0.1) is 44.8 Å². The molecule has 3 unspecified atom stereocenters. The van der Waals surface area contributed by atoms with Gasteiger partial charge in [0.25, 0.3) is 0 Å². The lowest BCUT2D eigenvalue weighted by atomic mass is 9.41. The zero-order chi connectivity index (χ0) is 34.0. The third-order valence-corrected chi connectivity index (χ3v) is 16.0. The molecule has 8 heteroatoms. The number of carbonyl (C=O) groups excluding carboxylic acids is 1. The Balaban J connectivity index is 1.23. The molecule has 1 saturated heterocycles. The number of nitrogens with one attached hydrogen (secondary N) is 1. The summed E-state index contributed by atoms with van der Waals surface area (Å²) in [6.07, 6.45) is 6.78. The fourth-order valence-electron chi connectivity index (χ4n) is 13.5. The highest BCUT2D eigenvalue weighted by molar-refractivity contribution is 6.14. The molecule has 5 aliphatic carbocycles. The Morgan fingerprint density at radius 1 is 1.00 bits per heavy atom. The molecule has 1 aromatic carbocycles. The highest BCUT2D eigenvalue weighted by atomic mass is 35.5. The van der Waals surface area contributed by atoms with E-state index in [0.717, 1.165) is 56.9 Å². The Morgan fingerprint density at radius 3 is 2.34 bits per heavy atom. The zero-order valence-electron chi connectivity index (χ0n) is 29.5. The molecule has 262 valence electrons. The van der Waals surface area contributed by atoms with Gasteiger partial charge in [-0.05, 0) is 135 Å². The van der Waals surface area contributed by atoms with Gasteiger partial charge in [-0.15, -0.1) is 0 Å². The minimum absolute atomic E-state index is 0.0000601. The van der Waals surface area contributed by atoms with E-state index < -0.39 is 34.9 Å². The van der Waals surface area contributed by atoms with E-state index in [9.17, 15) is 20.1 Å². The van der Waals surface area contributed by atoms with E-state index >= 15 is 0 Å². The smallest absolute Gasteiger partial charge is 0.325 e. The maximum Gasteiger partial charge on any atom is 0.325 e. The summed E-state index contributed by atoms with van der Waals surface area (Å²) < 4.78 is 13.4. The van der Waals surface area contributed by atoms with Gasteiger partial charge < -0.3 is 24.8 Å². The third-order valence-electron chi connectivity index (χ3n) is 15.7. The molecular weight excluding hydrogens is 614 g/mol. The molecular formula is C39H58ClNO6. The zero-order valence-corrected chi connectivity index (χ0v) is 30.3. The van der Waals surface area contributed by atoms with Crippen LogP contribution >= 0.6 is 11.8 Å². The molecule has 4 N–H and O–H groups in total. The lowest BCUT2D eigenvalue weighted by molar-refractivity contribution is -0.221. The van der Waals surface area contributed by atoms with Crippen molar-refractivity contribution < 1.29 is 29.6 Å². The molecule has 0 aromatic heterocycles. The first kappa shape index (κ1) is 34.2. The van der Waals surface area contributed by atoms with E-state index in [-0.39, 0.29) is 57.6 Å². The SMILES string of the molecule is CC(C)(O)[C@@H]1CC[C@](C)(C2[C@@H](O)C[C@@]3(C)C4C[C@H](OC(=O)[C@H](Cc5ccccc5)NCl)[C@H]5C(C)(C)[C@@H](O)CC[C@@]56CC46CC[C@]23C)O1. The third kappa shape index (κ3) is 4.72. The number of aliphatic hydroxyl groups excluding tert-OH is 2. The lowest BCUT2D eigenvalue weighted by Gasteiger charge is -2.64.